The van der Waals surface area contributed by atoms with Crippen LogP contribution in [0.5, 0.6) is 0 Å². The average Bonchev–Trinajstić information content (AvgIpc) is 2.58. The first-order chi connectivity index (χ1) is 7.66. The summed E-state index contributed by atoms with van der Waals surface area (Å²) in [5, 5.41) is 0. The van der Waals surface area contributed by atoms with E-state index in [1.165, 1.54) is 33.5 Å². The van der Waals surface area contributed by atoms with Gasteiger partial charge >= 0.3 is 0 Å². The van der Waals surface area contributed by atoms with Gasteiger partial charge in [0.1, 0.15) is 0 Å². The van der Waals surface area contributed by atoms with Crippen LogP contribution in [0.1, 0.15) is 43.2 Å². The minimum Gasteiger partial charge on any atom is -0.301 e. The largest absolute Gasteiger partial charge is 0.301 e. The van der Waals surface area contributed by atoms with Crippen LogP contribution in [0.2, 0.25) is 0 Å². The average molecular weight is 304 g/mol. The fourth-order valence-electron chi connectivity index (χ4n) is 1.96. The van der Waals surface area contributed by atoms with Crippen LogP contribution < -0.4 is 5.48 Å². The first-order valence-corrected chi connectivity index (χ1v) is 7.43. The Morgan fingerprint density at radius 2 is 2.44 bits per heavy atom. The van der Waals surface area contributed by atoms with E-state index in [-0.39, 0.29) is 0 Å². The van der Waals surface area contributed by atoms with Crippen molar-refractivity contribution in [1.29, 1.82) is 0 Å². The Bertz CT molecular complexity index is 351. The molecule has 2 rings (SSSR count). The summed E-state index contributed by atoms with van der Waals surface area (Å²) in [6.07, 6.45) is 3.64. The highest BCUT2D eigenvalue weighted by molar-refractivity contribution is 9.11. The van der Waals surface area contributed by atoms with Gasteiger partial charge in [-0.1, -0.05) is 13.8 Å². The first-order valence-electron chi connectivity index (χ1n) is 5.82. The minimum absolute atomic E-state index is 0.380. The summed E-state index contributed by atoms with van der Waals surface area (Å²) in [6, 6.07) is 2.61. The van der Waals surface area contributed by atoms with E-state index < -0.39 is 0 Å². The van der Waals surface area contributed by atoms with Gasteiger partial charge in [0.25, 0.3) is 0 Å². The van der Waals surface area contributed by atoms with Gasteiger partial charge in [0.15, 0.2) is 0 Å². The second kappa shape index (κ2) is 5.63. The van der Waals surface area contributed by atoms with E-state index in [1.807, 2.05) is 11.3 Å². The van der Waals surface area contributed by atoms with Crippen molar-refractivity contribution in [2.24, 2.45) is 5.92 Å². The van der Waals surface area contributed by atoms with E-state index in [4.69, 9.17) is 4.84 Å². The number of fused-ring (bicyclic) bond motifs is 1. The smallest absolute Gasteiger partial charge is 0.0705 e. The van der Waals surface area contributed by atoms with Crippen molar-refractivity contribution in [3.63, 3.8) is 0 Å². The lowest BCUT2D eigenvalue weighted by atomic mass is 9.95. The lowest BCUT2D eigenvalue weighted by Crippen LogP contribution is -2.26. The number of hydrogen-bond acceptors (Lipinski definition) is 3. The summed E-state index contributed by atoms with van der Waals surface area (Å²) in [7, 11) is 0. The topological polar surface area (TPSA) is 21.3 Å². The van der Waals surface area contributed by atoms with E-state index >= 15 is 0 Å². The van der Waals surface area contributed by atoms with E-state index in [0.29, 0.717) is 12.0 Å². The van der Waals surface area contributed by atoms with Gasteiger partial charge in [-0.25, -0.2) is 0 Å². The molecule has 1 aliphatic carbocycles. The van der Waals surface area contributed by atoms with Crippen molar-refractivity contribution in [3.8, 4) is 0 Å². The van der Waals surface area contributed by atoms with Gasteiger partial charge in [0, 0.05) is 4.88 Å². The number of aryl methyl sites for hydroxylation is 1. The lowest BCUT2D eigenvalue weighted by Gasteiger charge is -2.23. The molecule has 0 bridgehead atoms. The molecule has 1 atom stereocenters. The summed E-state index contributed by atoms with van der Waals surface area (Å²) in [5.41, 5.74) is 4.63. The number of hydrogen-bond donors (Lipinski definition) is 1. The lowest BCUT2D eigenvalue weighted by molar-refractivity contribution is -0.00315. The maximum Gasteiger partial charge on any atom is 0.0705 e. The van der Waals surface area contributed by atoms with Crippen LogP contribution in [-0.4, -0.2) is 6.61 Å². The zero-order valence-corrected chi connectivity index (χ0v) is 12.2. The zero-order chi connectivity index (χ0) is 11.5. The van der Waals surface area contributed by atoms with Crippen molar-refractivity contribution in [1.82, 2.24) is 5.48 Å². The number of hydroxylamine groups is 1. The monoisotopic (exact) mass is 303 g/mol. The molecule has 1 aliphatic rings. The molecule has 4 heteroatoms. The molecule has 1 heterocycles. The van der Waals surface area contributed by atoms with E-state index in [9.17, 15) is 0 Å². The SMILES string of the molecule is CC(C)CONC1CCCc2sc(Br)cc21. The maximum absolute atomic E-state index is 5.54. The molecule has 2 nitrogen and oxygen atoms in total. The highest BCUT2D eigenvalue weighted by atomic mass is 79.9. The third-order valence-corrected chi connectivity index (χ3v) is 4.44. The molecule has 16 heavy (non-hydrogen) atoms. The third kappa shape index (κ3) is 3.06. The van der Waals surface area contributed by atoms with Gasteiger partial charge in [0.2, 0.25) is 0 Å². The standard InChI is InChI=1S/C12H18BrNOS/c1-8(2)7-15-14-10-4-3-5-11-9(10)6-12(13)16-11/h6,8,10,14H,3-5,7H2,1-2H3. The number of thiophene rings is 1. The summed E-state index contributed by atoms with van der Waals surface area (Å²) in [5.74, 6) is 0.574. The Labute approximate surface area is 109 Å². The molecule has 0 aliphatic heterocycles. The number of rotatable bonds is 4. The molecular formula is C12H18BrNOS. The van der Waals surface area contributed by atoms with E-state index in [1.54, 1.807) is 0 Å². The Balaban J connectivity index is 1.96. The summed E-state index contributed by atoms with van der Waals surface area (Å²) >= 11 is 5.42. The predicted molar refractivity (Wildman–Crippen MR) is 71.6 cm³/mol. The second-order valence-corrected chi connectivity index (χ2v) is 7.21. The van der Waals surface area contributed by atoms with Crippen LogP contribution in [0.4, 0.5) is 0 Å². The second-order valence-electron chi connectivity index (χ2n) is 4.70. The minimum atomic E-state index is 0.380. The molecule has 0 radical (unpaired) electrons. The molecule has 0 saturated heterocycles. The Morgan fingerprint density at radius 1 is 1.62 bits per heavy atom. The maximum atomic E-state index is 5.54. The molecule has 90 valence electrons. The molecule has 1 aromatic heterocycles. The van der Waals surface area contributed by atoms with Gasteiger partial charge < -0.3 is 4.84 Å². The third-order valence-electron chi connectivity index (χ3n) is 2.73. The molecule has 1 N–H and O–H groups in total. The molecule has 0 spiro atoms. The quantitative estimate of drug-likeness (QED) is 0.847. The normalized spacial score (nSPS) is 20.1. The van der Waals surface area contributed by atoms with Gasteiger partial charge in [-0.15, -0.1) is 11.3 Å². The number of nitrogens with one attached hydrogen (secondary N) is 1. The van der Waals surface area contributed by atoms with Crippen molar-refractivity contribution in [3.05, 3.63) is 20.3 Å². The van der Waals surface area contributed by atoms with E-state index in [2.05, 4.69) is 41.3 Å². The van der Waals surface area contributed by atoms with Gasteiger partial charge in [-0.2, -0.15) is 5.48 Å². The van der Waals surface area contributed by atoms with Crippen molar-refractivity contribution in [2.75, 3.05) is 6.61 Å². The molecular weight excluding hydrogens is 286 g/mol. The Hall–Kier alpha value is 0.100. The van der Waals surface area contributed by atoms with Crippen LogP contribution in [0.25, 0.3) is 0 Å². The fraction of sp³-hybridized carbons (Fsp3) is 0.667. The molecule has 0 fully saturated rings. The summed E-state index contributed by atoms with van der Waals surface area (Å²) in [4.78, 5) is 7.04. The Morgan fingerprint density at radius 3 is 3.19 bits per heavy atom. The van der Waals surface area contributed by atoms with Crippen LogP contribution in [0, 0.1) is 5.92 Å². The van der Waals surface area contributed by atoms with Gasteiger partial charge in [-0.05, 0) is 52.7 Å². The molecule has 1 unspecified atom stereocenters. The highest BCUT2D eigenvalue weighted by Crippen LogP contribution is 2.37. The predicted octanol–water partition coefficient (Wildman–Crippen LogP) is 4.07. The molecule has 1 aromatic rings. The zero-order valence-electron chi connectivity index (χ0n) is 9.75. The summed E-state index contributed by atoms with van der Waals surface area (Å²) in [6.45, 7) is 5.10. The molecule has 0 aromatic carbocycles. The first kappa shape index (κ1) is 12.6. The van der Waals surface area contributed by atoms with Crippen molar-refractivity contribution in [2.45, 2.75) is 39.2 Å². The molecule has 0 saturated carbocycles. The van der Waals surface area contributed by atoms with Crippen LogP contribution in [0.3, 0.4) is 0 Å². The van der Waals surface area contributed by atoms with Crippen molar-refractivity contribution < 1.29 is 4.84 Å². The molecule has 0 amide bonds. The summed E-state index contributed by atoms with van der Waals surface area (Å²) < 4.78 is 1.23. The van der Waals surface area contributed by atoms with Crippen LogP contribution in [-0.2, 0) is 11.3 Å². The number of halogens is 1. The fourth-order valence-corrected chi connectivity index (χ4v) is 3.78. The van der Waals surface area contributed by atoms with Gasteiger partial charge in [0.05, 0.1) is 16.4 Å². The van der Waals surface area contributed by atoms with Crippen LogP contribution >= 0.6 is 27.3 Å². The Kier molecular flexibility index (Phi) is 4.41. The van der Waals surface area contributed by atoms with Crippen molar-refractivity contribution >= 4 is 27.3 Å². The van der Waals surface area contributed by atoms with E-state index in [0.717, 1.165) is 6.61 Å². The highest BCUT2D eigenvalue weighted by Gasteiger charge is 2.22. The van der Waals surface area contributed by atoms with Gasteiger partial charge in [-0.3, -0.25) is 0 Å². The van der Waals surface area contributed by atoms with Crippen LogP contribution in [0.15, 0.2) is 9.85 Å².